The molecular formula is C21H22ClN3O2. The number of fused-ring (bicyclic) bond motifs is 1. The lowest BCUT2D eigenvalue weighted by molar-refractivity contribution is -0.116. The molecule has 2 aliphatic heterocycles. The van der Waals surface area contributed by atoms with Gasteiger partial charge in [0.1, 0.15) is 0 Å². The molecule has 2 heterocycles. The Morgan fingerprint density at radius 2 is 1.67 bits per heavy atom. The summed E-state index contributed by atoms with van der Waals surface area (Å²) < 4.78 is 0. The van der Waals surface area contributed by atoms with Crippen molar-refractivity contribution in [3.05, 3.63) is 58.6 Å². The van der Waals surface area contributed by atoms with E-state index in [2.05, 4.69) is 4.90 Å². The van der Waals surface area contributed by atoms with Gasteiger partial charge >= 0.3 is 0 Å². The van der Waals surface area contributed by atoms with E-state index in [-0.39, 0.29) is 11.8 Å². The van der Waals surface area contributed by atoms with Gasteiger partial charge in [-0.2, -0.15) is 0 Å². The molecule has 1 fully saturated rings. The van der Waals surface area contributed by atoms with Gasteiger partial charge in [-0.05, 0) is 42.3 Å². The Kier molecular flexibility index (Phi) is 4.79. The standard InChI is InChI=1S/C21H22ClN3O2/c1-15(26)25-9-8-16-14-17(6-7-19(16)25)21(27)24-12-10-23(11-13-24)20-5-3-2-4-18(20)22/h2-7,14H,8-13H2,1H3. The molecule has 0 radical (unpaired) electrons. The molecule has 0 aliphatic carbocycles. The first-order valence-corrected chi connectivity index (χ1v) is 9.62. The summed E-state index contributed by atoms with van der Waals surface area (Å²) in [5.41, 5.74) is 3.73. The van der Waals surface area contributed by atoms with E-state index in [4.69, 9.17) is 11.6 Å². The summed E-state index contributed by atoms with van der Waals surface area (Å²) in [6.45, 7) is 5.13. The first-order valence-electron chi connectivity index (χ1n) is 9.24. The number of piperazine rings is 1. The molecule has 0 N–H and O–H groups in total. The zero-order valence-corrected chi connectivity index (χ0v) is 16.1. The highest BCUT2D eigenvalue weighted by molar-refractivity contribution is 6.33. The molecule has 0 bridgehead atoms. The molecule has 6 heteroatoms. The molecule has 0 spiro atoms. The normalized spacial score (nSPS) is 16.4. The molecule has 0 aromatic heterocycles. The Morgan fingerprint density at radius 1 is 0.926 bits per heavy atom. The number of halogens is 1. The van der Waals surface area contributed by atoms with Crippen molar-refractivity contribution in [3.8, 4) is 0 Å². The SMILES string of the molecule is CC(=O)N1CCc2cc(C(=O)N3CCN(c4ccccc4Cl)CC3)ccc21. The number of hydrogen-bond donors (Lipinski definition) is 0. The molecule has 140 valence electrons. The van der Waals surface area contributed by atoms with Crippen LogP contribution in [0.15, 0.2) is 42.5 Å². The molecule has 0 atom stereocenters. The second-order valence-electron chi connectivity index (χ2n) is 6.99. The maximum Gasteiger partial charge on any atom is 0.253 e. The van der Waals surface area contributed by atoms with Crippen LogP contribution in [0.2, 0.25) is 5.02 Å². The quantitative estimate of drug-likeness (QED) is 0.799. The van der Waals surface area contributed by atoms with Gasteiger partial charge in [0.05, 0.1) is 10.7 Å². The average molecular weight is 384 g/mol. The Bertz CT molecular complexity index is 891. The Morgan fingerprint density at radius 3 is 2.37 bits per heavy atom. The monoisotopic (exact) mass is 383 g/mol. The summed E-state index contributed by atoms with van der Waals surface area (Å²) in [5.74, 6) is 0.0985. The van der Waals surface area contributed by atoms with Gasteiger partial charge in [-0.3, -0.25) is 9.59 Å². The Balaban J connectivity index is 1.44. The first-order chi connectivity index (χ1) is 13.0. The van der Waals surface area contributed by atoms with Gasteiger partial charge in [0.2, 0.25) is 5.91 Å². The topological polar surface area (TPSA) is 43.9 Å². The number of rotatable bonds is 2. The van der Waals surface area contributed by atoms with Crippen LogP contribution in [0.25, 0.3) is 0 Å². The molecule has 2 aromatic rings. The van der Waals surface area contributed by atoms with Crippen molar-refractivity contribution in [1.82, 2.24) is 4.90 Å². The van der Waals surface area contributed by atoms with E-state index in [0.717, 1.165) is 41.5 Å². The fourth-order valence-corrected chi connectivity index (χ4v) is 4.16. The highest BCUT2D eigenvalue weighted by Crippen LogP contribution is 2.30. The van der Waals surface area contributed by atoms with Gasteiger partial charge in [0.15, 0.2) is 0 Å². The maximum absolute atomic E-state index is 12.9. The minimum atomic E-state index is 0.0449. The fraction of sp³-hybridized carbons (Fsp3) is 0.333. The van der Waals surface area contributed by atoms with Crippen LogP contribution in [-0.2, 0) is 11.2 Å². The van der Waals surface area contributed by atoms with Crippen LogP contribution in [0.1, 0.15) is 22.8 Å². The molecule has 5 nitrogen and oxygen atoms in total. The van der Waals surface area contributed by atoms with Crippen LogP contribution in [-0.4, -0.2) is 49.4 Å². The van der Waals surface area contributed by atoms with Crippen LogP contribution in [0.4, 0.5) is 11.4 Å². The minimum Gasteiger partial charge on any atom is -0.367 e. The van der Waals surface area contributed by atoms with E-state index in [9.17, 15) is 9.59 Å². The molecule has 27 heavy (non-hydrogen) atoms. The van der Waals surface area contributed by atoms with Gasteiger partial charge in [0, 0.05) is 50.9 Å². The lowest BCUT2D eigenvalue weighted by Crippen LogP contribution is -2.48. The second kappa shape index (κ2) is 7.24. The third-order valence-electron chi connectivity index (χ3n) is 5.36. The molecular weight excluding hydrogens is 362 g/mol. The summed E-state index contributed by atoms with van der Waals surface area (Å²) >= 11 is 6.29. The van der Waals surface area contributed by atoms with E-state index in [1.54, 1.807) is 11.8 Å². The van der Waals surface area contributed by atoms with Crippen molar-refractivity contribution < 1.29 is 9.59 Å². The first kappa shape index (κ1) is 17.9. The van der Waals surface area contributed by atoms with E-state index in [0.29, 0.717) is 25.2 Å². The van der Waals surface area contributed by atoms with Crippen molar-refractivity contribution in [3.63, 3.8) is 0 Å². The molecule has 4 rings (SSSR count). The summed E-state index contributed by atoms with van der Waals surface area (Å²) in [6, 6.07) is 13.5. The lowest BCUT2D eigenvalue weighted by Gasteiger charge is -2.36. The largest absolute Gasteiger partial charge is 0.367 e. The molecule has 2 amide bonds. The molecule has 0 saturated carbocycles. The van der Waals surface area contributed by atoms with Crippen LogP contribution < -0.4 is 9.80 Å². The van der Waals surface area contributed by atoms with E-state index >= 15 is 0 Å². The van der Waals surface area contributed by atoms with Gasteiger partial charge in [0.25, 0.3) is 5.91 Å². The van der Waals surface area contributed by atoms with Crippen LogP contribution in [0.5, 0.6) is 0 Å². The number of carbonyl (C=O) groups is 2. The van der Waals surface area contributed by atoms with Crippen molar-refractivity contribution in [1.29, 1.82) is 0 Å². The maximum atomic E-state index is 12.9. The fourth-order valence-electron chi connectivity index (χ4n) is 3.90. The average Bonchev–Trinajstić information content (AvgIpc) is 3.11. The van der Waals surface area contributed by atoms with Crippen molar-refractivity contribution in [2.24, 2.45) is 0 Å². The summed E-state index contributed by atoms with van der Waals surface area (Å²) in [4.78, 5) is 30.5. The zero-order valence-electron chi connectivity index (χ0n) is 15.3. The van der Waals surface area contributed by atoms with Crippen LogP contribution in [0, 0.1) is 0 Å². The molecule has 2 aliphatic rings. The van der Waals surface area contributed by atoms with E-state index < -0.39 is 0 Å². The zero-order chi connectivity index (χ0) is 19.0. The van der Waals surface area contributed by atoms with Gasteiger partial charge in [-0.25, -0.2) is 0 Å². The highest BCUT2D eigenvalue weighted by Gasteiger charge is 2.26. The summed E-state index contributed by atoms with van der Waals surface area (Å²) in [7, 11) is 0. The van der Waals surface area contributed by atoms with Gasteiger partial charge < -0.3 is 14.7 Å². The van der Waals surface area contributed by atoms with Gasteiger partial charge in [-0.1, -0.05) is 23.7 Å². The van der Waals surface area contributed by atoms with Crippen molar-refractivity contribution in [2.45, 2.75) is 13.3 Å². The van der Waals surface area contributed by atoms with E-state index in [1.165, 1.54) is 0 Å². The van der Waals surface area contributed by atoms with Crippen molar-refractivity contribution in [2.75, 3.05) is 42.5 Å². The van der Waals surface area contributed by atoms with Crippen LogP contribution >= 0.6 is 11.6 Å². The number of anilines is 2. The minimum absolute atomic E-state index is 0.0449. The highest BCUT2D eigenvalue weighted by atomic mass is 35.5. The van der Waals surface area contributed by atoms with Gasteiger partial charge in [-0.15, -0.1) is 0 Å². The second-order valence-corrected chi connectivity index (χ2v) is 7.40. The molecule has 1 saturated heterocycles. The van der Waals surface area contributed by atoms with Crippen LogP contribution in [0.3, 0.4) is 0 Å². The predicted octanol–water partition coefficient (Wildman–Crippen LogP) is 3.21. The number of amides is 2. The number of benzene rings is 2. The van der Waals surface area contributed by atoms with Crippen molar-refractivity contribution >= 4 is 34.8 Å². The molecule has 0 unspecified atom stereocenters. The smallest absolute Gasteiger partial charge is 0.253 e. The number of para-hydroxylation sites is 1. The summed E-state index contributed by atoms with van der Waals surface area (Å²) in [6.07, 6.45) is 0.802. The number of carbonyl (C=O) groups excluding carboxylic acids is 2. The lowest BCUT2D eigenvalue weighted by atomic mass is 10.1. The third-order valence-corrected chi connectivity index (χ3v) is 5.68. The Hall–Kier alpha value is -2.53. The predicted molar refractivity (Wildman–Crippen MR) is 108 cm³/mol. The number of hydrogen-bond acceptors (Lipinski definition) is 3. The number of nitrogens with zero attached hydrogens (tertiary/aromatic N) is 3. The Labute approximate surface area is 164 Å². The van der Waals surface area contributed by atoms with E-state index in [1.807, 2.05) is 47.4 Å². The summed E-state index contributed by atoms with van der Waals surface area (Å²) in [5, 5.41) is 0.742. The third kappa shape index (κ3) is 3.39. The molecule has 2 aromatic carbocycles.